The Kier molecular flexibility index (Phi) is 2.90. The summed E-state index contributed by atoms with van der Waals surface area (Å²) in [6.45, 7) is 4.13. The van der Waals surface area contributed by atoms with Gasteiger partial charge in [-0.3, -0.25) is 0 Å². The second-order valence-corrected chi connectivity index (χ2v) is 4.52. The molecule has 1 aliphatic rings. The molecule has 0 saturated heterocycles. The molecule has 0 heterocycles. The standard InChI is InChI=1S/C14H17F/c1-10-6-8-12(9-7-10)13-4-3-5-14(15)11(13)2/h3-5,8,10H,6-7,9H2,1-2H3. The number of hydrogen-bond acceptors (Lipinski definition) is 0. The van der Waals surface area contributed by atoms with Crippen LogP contribution in [-0.4, -0.2) is 0 Å². The van der Waals surface area contributed by atoms with Crippen molar-refractivity contribution < 1.29 is 4.39 Å². The topological polar surface area (TPSA) is 0 Å². The third-order valence-electron chi connectivity index (χ3n) is 3.29. The van der Waals surface area contributed by atoms with Gasteiger partial charge in [0.15, 0.2) is 0 Å². The highest BCUT2D eigenvalue weighted by Gasteiger charge is 2.14. The van der Waals surface area contributed by atoms with Crippen molar-refractivity contribution in [3.05, 3.63) is 41.2 Å². The van der Waals surface area contributed by atoms with Crippen LogP contribution in [0.3, 0.4) is 0 Å². The molecule has 1 aliphatic carbocycles. The van der Waals surface area contributed by atoms with Crippen LogP contribution < -0.4 is 0 Å². The zero-order valence-corrected chi connectivity index (χ0v) is 9.39. The van der Waals surface area contributed by atoms with Gasteiger partial charge in [0.05, 0.1) is 0 Å². The second kappa shape index (κ2) is 4.18. The molecular weight excluding hydrogens is 187 g/mol. The number of benzene rings is 1. The fraction of sp³-hybridized carbons (Fsp3) is 0.429. The molecule has 0 bridgehead atoms. The van der Waals surface area contributed by atoms with Crippen molar-refractivity contribution in [3.63, 3.8) is 0 Å². The maximum atomic E-state index is 13.4. The quantitative estimate of drug-likeness (QED) is 0.638. The van der Waals surface area contributed by atoms with E-state index in [9.17, 15) is 4.39 Å². The summed E-state index contributed by atoms with van der Waals surface area (Å²) in [6, 6.07) is 5.36. The van der Waals surface area contributed by atoms with Crippen molar-refractivity contribution >= 4 is 5.57 Å². The van der Waals surface area contributed by atoms with Gasteiger partial charge in [0.25, 0.3) is 0 Å². The molecule has 0 radical (unpaired) electrons. The molecule has 0 spiro atoms. The Labute approximate surface area is 90.8 Å². The maximum absolute atomic E-state index is 13.4. The van der Waals surface area contributed by atoms with E-state index in [0.29, 0.717) is 0 Å². The van der Waals surface area contributed by atoms with Gasteiger partial charge in [0.1, 0.15) is 5.82 Å². The molecule has 1 atom stereocenters. The van der Waals surface area contributed by atoms with E-state index in [4.69, 9.17) is 0 Å². The highest BCUT2D eigenvalue weighted by Crippen LogP contribution is 2.31. The largest absolute Gasteiger partial charge is 0.207 e. The first kappa shape index (κ1) is 10.4. The van der Waals surface area contributed by atoms with Gasteiger partial charge < -0.3 is 0 Å². The Morgan fingerprint density at radius 3 is 2.80 bits per heavy atom. The summed E-state index contributed by atoms with van der Waals surface area (Å²) in [5.74, 6) is 0.689. The molecule has 1 aromatic rings. The lowest BCUT2D eigenvalue weighted by Crippen LogP contribution is -2.02. The molecule has 15 heavy (non-hydrogen) atoms. The molecule has 0 amide bonds. The van der Waals surface area contributed by atoms with Crippen molar-refractivity contribution in [1.82, 2.24) is 0 Å². The van der Waals surface area contributed by atoms with E-state index in [1.54, 1.807) is 6.07 Å². The van der Waals surface area contributed by atoms with Crippen LogP contribution in [0, 0.1) is 18.7 Å². The predicted molar refractivity (Wildman–Crippen MR) is 62.1 cm³/mol. The maximum Gasteiger partial charge on any atom is 0.126 e. The highest BCUT2D eigenvalue weighted by molar-refractivity contribution is 5.68. The normalized spacial score (nSPS) is 21.3. The van der Waals surface area contributed by atoms with Crippen molar-refractivity contribution in [3.8, 4) is 0 Å². The van der Waals surface area contributed by atoms with E-state index in [0.717, 1.165) is 29.9 Å². The van der Waals surface area contributed by atoms with E-state index in [1.165, 1.54) is 18.1 Å². The smallest absolute Gasteiger partial charge is 0.126 e. The summed E-state index contributed by atoms with van der Waals surface area (Å²) in [5, 5.41) is 0. The monoisotopic (exact) mass is 204 g/mol. The predicted octanol–water partition coefficient (Wildman–Crippen LogP) is 4.34. The Hall–Kier alpha value is -1.11. The van der Waals surface area contributed by atoms with Crippen molar-refractivity contribution in [2.24, 2.45) is 5.92 Å². The first-order valence-electron chi connectivity index (χ1n) is 5.63. The number of rotatable bonds is 1. The molecule has 2 rings (SSSR count). The van der Waals surface area contributed by atoms with E-state index in [-0.39, 0.29) is 5.82 Å². The van der Waals surface area contributed by atoms with Gasteiger partial charge in [-0.15, -0.1) is 0 Å². The molecule has 1 aromatic carbocycles. The molecule has 0 aromatic heterocycles. The highest BCUT2D eigenvalue weighted by atomic mass is 19.1. The summed E-state index contributed by atoms with van der Waals surface area (Å²) < 4.78 is 13.4. The van der Waals surface area contributed by atoms with Crippen LogP contribution in [-0.2, 0) is 0 Å². The molecule has 0 N–H and O–H groups in total. The number of hydrogen-bond donors (Lipinski definition) is 0. The first-order chi connectivity index (χ1) is 7.18. The van der Waals surface area contributed by atoms with Crippen molar-refractivity contribution in [2.75, 3.05) is 0 Å². The van der Waals surface area contributed by atoms with Gasteiger partial charge >= 0.3 is 0 Å². The SMILES string of the molecule is Cc1c(F)cccc1C1=CCC(C)CC1. The molecule has 1 heteroatoms. The molecule has 0 aliphatic heterocycles. The van der Waals surface area contributed by atoms with Crippen LogP contribution in [0.15, 0.2) is 24.3 Å². The van der Waals surface area contributed by atoms with Crippen LogP contribution in [0.5, 0.6) is 0 Å². The van der Waals surface area contributed by atoms with E-state index in [1.807, 2.05) is 13.0 Å². The van der Waals surface area contributed by atoms with Gasteiger partial charge in [-0.1, -0.05) is 25.1 Å². The van der Waals surface area contributed by atoms with E-state index >= 15 is 0 Å². The van der Waals surface area contributed by atoms with Crippen LogP contribution in [0.25, 0.3) is 5.57 Å². The summed E-state index contributed by atoms with van der Waals surface area (Å²) in [7, 11) is 0. The summed E-state index contributed by atoms with van der Waals surface area (Å²) in [5.41, 5.74) is 3.21. The van der Waals surface area contributed by atoms with E-state index in [2.05, 4.69) is 13.0 Å². The summed E-state index contributed by atoms with van der Waals surface area (Å²) in [4.78, 5) is 0. The fourth-order valence-electron chi connectivity index (χ4n) is 2.17. The third-order valence-corrected chi connectivity index (χ3v) is 3.29. The molecule has 0 saturated carbocycles. The van der Waals surface area contributed by atoms with Crippen LogP contribution in [0.2, 0.25) is 0 Å². The lowest BCUT2D eigenvalue weighted by molar-refractivity contribution is 0.533. The minimum absolute atomic E-state index is 0.0907. The summed E-state index contributed by atoms with van der Waals surface area (Å²) >= 11 is 0. The van der Waals surface area contributed by atoms with Gasteiger partial charge in [0, 0.05) is 0 Å². The molecule has 80 valence electrons. The van der Waals surface area contributed by atoms with Gasteiger partial charge in [-0.05, 0) is 54.9 Å². The molecular formula is C14H17F. The Balaban J connectivity index is 2.34. The van der Waals surface area contributed by atoms with Gasteiger partial charge in [-0.2, -0.15) is 0 Å². The lowest BCUT2D eigenvalue weighted by atomic mass is 9.86. The second-order valence-electron chi connectivity index (χ2n) is 4.52. The average molecular weight is 204 g/mol. The Morgan fingerprint density at radius 1 is 1.33 bits per heavy atom. The first-order valence-corrected chi connectivity index (χ1v) is 5.63. The number of halogens is 1. The average Bonchev–Trinajstić information content (AvgIpc) is 2.24. The zero-order valence-electron chi connectivity index (χ0n) is 9.39. The molecule has 0 nitrogen and oxygen atoms in total. The summed E-state index contributed by atoms with van der Waals surface area (Å²) in [6.07, 6.45) is 5.72. The minimum atomic E-state index is -0.0907. The lowest BCUT2D eigenvalue weighted by Gasteiger charge is -2.19. The van der Waals surface area contributed by atoms with Gasteiger partial charge in [-0.25, -0.2) is 4.39 Å². The van der Waals surface area contributed by atoms with Crippen LogP contribution in [0.4, 0.5) is 4.39 Å². The van der Waals surface area contributed by atoms with Crippen LogP contribution >= 0.6 is 0 Å². The van der Waals surface area contributed by atoms with Crippen molar-refractivity contribution in [1.29, 1.82) is 0 Å². The zero-order chi connectivity index (χ0) is 10.8. The third kappa shape index (κ3) is 2.11. The Morgan fingerprint density at radius 2 is 2.13 bits per heavy atom. The minimum Gasteiger partial charge on any atom is -0.207 e. The van der Waals surface area contributed by atoms with Gasteiger partial charge in [0.2, 0.25) is 0 Å². The van der Waals surface area contributed by atoms with E-state index < -0.39 is 0 Å². The Bertz CT molecular complexity index is 390. The molecule has 1 unspecified atom stereocenters. The van der Waals surface area contributed by atoms with Crippen molar-refractivity contribution in [2.45, 2.75) is 33.1 Å². The fourth-order valence-corrected chi connectivity index (χ4v) is 2.17. The molecule has 0 fully saturated rings. The number of allylic oxidation sites excluding steroid dienone is 2. The van der Waals surface area contributed by atoms with Crippen LogP contribution in [0.1, 0.15) is 37.3 Å².